The summed E-state index contributed by atoms with van der Waals surface area (Å²) in [6.45, 7) is 3.81. The number of hydrogen-bond acceptors (Lipinski definition) is 3. The van der Waals surface area contributed by atoms with Gasteiger partial charge in [0.2, 0.25) is 5.91 Å². The number of carbonyl (C=O) groups excluding carboxylic acids is 1. The highest BCUT2D eigenvalue weighted by atomic mass is 16.2. The van der Waals surface area contributed by atoms with Gasteiger partial charge in [0.1, 0.15) is 6.54 Å². The topological polar surface area (TPSA) is 50.5 Å². The van der Waals surface area contributed by atoms with Crippen LogP contribution in [0.25, 0.3) is 11.0 Å². The maximum absolute atomic E-state index is 13.7. The SMILES string of the molecule is O=C(Cn1c(=O)n(C2CCN(C3CCC4CCc5cccc3c54)CC2)c2ccccc21)N1CCCC1. The summed E-state index contributed by atoms with van der Waals surface area (Å²) in [7, 11) is 0. The standard InChI is InChI=1S/C30H36N4O2/c35-28(32-16-3-4-17-32)20-33-26-8-1-2-9-27(26)34(30(33)36)23-14-18-31(19-15-23)25-13-12-22-11-10-21-6-5-7-24(25)29(21)22/h1-2,5-9,22-23,25H,3-4,10-20H2. The van der Waals surface area contributed by atoms with Gasteiger partial charge >= 0.3 is 5.69 Å². The fraction of sp³-hybridized carbons (Fsp3) is 0.533. The molecule has 1 amide bonds. The van der Waals surface area contributed by atoms with E-state index in [0.717, 1.165) is 68.8 Å². The quantitative estimate of drug-likeness (QED) is 0.543. The number of piperidine rings is 1. The van der Waals surface area contributed by atoms with Crippen molar-refractivity contribution < 1.29 is 4.79 Å². The van der Waals surface area contributed by atoms with Crippen molar-refractivity contribution in [1.82, 2.24) is 18.9 Å². The molecule has 7 rings (SSSR count). The van der Waals surface area contributed by atoms with Crippen molar-refractivity contribution in [2.24, 2.45) is 0 Å². The summed E-state index contributed by atoms with van der Waals surface area (Å²) in [4.78, 5) is 31.2. The Labute approximate surface area is 212 Å². The Bertz CT molecular complexity index is 1360. The van der Waals surface area contributed by atoms with Crippen LogP contribution in [0.3, 0.4) is 0 Å². The predicted molar refractivity (Wildman–Crippen MR) is 141 cm³/mol. The first-order chi connectivity index (χ1) is 17.7. The molecule has 2 aliphatic carbocycles. The maximum atomic E-state index is 13.7. The van der Waals surface area contributed by atoms with E-state index in [2.05, 4.69) is 29.2 Å². The Morgan fingerprint density at radius 2 is 1.61 bits per heavy atom. The van der Waals surface area contributed by atoms with E-state index in [1.807, 2.05) is 27.7 Å². The van der Waals surface area contributed by atoms with E-state index in [-0.39, 0.29) is 24.2 Å². The molecule has 0 saturated carbocycles. The van der Waals surface area contributed by atoms with Gasteiger partial charge in [-0.15, -0.1) is 0 Å². The van der Waals surface area contributed by atoms with Gasteiger partial charge in [0, 0.05) is 38.3 Å². The van der Waals surface area contributed by atoms with Crippen LogP contribution >= 0.6 is 0 Å². The molecular formula is C30H36N4O2. The van der Waals surface area contributed by atoms with Gasteiger partial charge in [-0.25, -0.2) is 4.79 Å². The predicted octanol–water partition coefficient (Wildman–Crippen LogP) is 4.63. The van der Waals surface area contributed by atoms with E-state index in [1.54, 1.807) is 21.3 Å². The highest BCUT2D eigenvalue weighted by molar-refractivity contribution is 5.81. The Morgan fingerprint density at radius 1 is 0.833 bits per heavy atom. The summed E-state index contributed by atoms with van der Waals surface area (Å²) >= 11 is 0. The van der Waals surface area contributed by atoms with E-state index in [1.165, 1.54) is 25.7 Å². The fourth-order valence-electron chi connectivity index (χ4n) is 7.69. The van der Waals surface area contributed by atoms with Crippen LogP contribution in [-0.4, -0.2) is 51.0 Å². The number of carbonyl (C=O) groups is 1. The first-order valence-electron chi connectivity index (χ1n) is 14.0. The number of nitrogens with zero attached hydrogens (tertiary/aromatic N) is 4. The van der Waals surface area contributed by atoms with Crippen molar-refractivity contribution in [2.45, 2.75) is 75.9 Å². The van der Waals surface area contributed by atoms with Gasteiger partial charge in [0.15, 0.2) is 0 Å². The molecule has 0 bridgehead atoms. The van der Waals surface area contributed by atoms with Gasteiger partial charge in [-0.2, -0.15) is 0 Å². The van der Waals surface area contributed by atoms with Gasteiger partial charge in [-0.1, -0.05) is 30.3 Å². The smallest absolute Gasteiger partial charge is 0.329 e. The number of benzene rings is 2. The van der Waals surface area contributed by atoms with Gasteiger partial charge in [0.25, 0.3) is 0 Å². The second-order valence-electron chi connectivity index (χ2n) is 11.3. The van der Waals surface area contributed by atoms with E-state index < -0.39 is 0 Å². The third kappa shape index (κ3) is 3.56. The van der Waals surface area contributed by atoms with Crippen molar-refractivity contribution in [1.29, 1.82) is 0 Å². The number of fused-ring (bicyclic) bond motifs is 1. The Kier molecular flexibility index (Phi) is 5.53. The summed E-state index contributed by atoms with van der Waals surface area (Å²) < 4.78 is 3.72. The number of likely N-dealkylation sites (tertiary alicyclic amines) is 2. The molecule has 2 aromatic carbocycles. The summed E-state index contributed by atoms with van der Waals surface area (Å²) in [6.07, 6.45) is 9.22. The number of aromatic nitrogens is 2. The van der Waals surface area contributed by atoms with Crippen LogP contribution in [0.4, 0.5) is 0 Å². The normalized spacial score (nSPS) is 24.5. The molecule has 4 aliphatic rings. The lowest BCUT2D eigenvalue weighted by Crippen LogP contribution is -2.41. The van der Waals surface area contributed by atoms with Crippen LogP contribution in [0.1, 0.15) is 79.6 Å². The van der Waals surface area contributed by atoms with Gasteiger partial charge < -0.3 is 4.90 Å². The second-order valence-corrected chi connectivity index (χ2v) is 11.3. The largest absolute Gasteiger partial charge is 0.341 e. The number of aryl methyl sites for hydroxylation is 1. The third-order valence-electron chi connectivity index (χ3n) is 9.47. The highest BCUT2D eigenvalue weighted by Crippen LogP contribution is 2.48. The van der Waals surface area contributed by atoms with Crippen LogP contribution in [0.5, 0.6) is 0 Å². The van der Waals surface area contributed by atoms with Crippen LogP contribution in [0.15, 0.2) is 47.3 Å². The highest BCUT2D eigenvalue weighted by Gasteiger charge is 2.37. The van der Waals surface area contributed by atoms with Crippen molar-refractivity contribution in [2.75, 3.05) is 26.2 Å². The summed E-state index contributed by atoms with van der Waals surface area (Å²) in [5.74, 6) is 0.844. The molecule has 3 aromatic rings. The molecule has 2 atom stereocenters. The van der Waals surface area contributed by atoms with Gasteiger partial charge in [-0.05, 0) is 86.1 Å². The number of para-hydroxylation sites is 2. The number of imidazole rings is 1. The summed E-state index contributed by atoms with van der Waals surface area (Å²) in [5.41, 5.74) is 6.66. The van der Waals surface area contributed by atoms with E-state index >= 15 is 0 Å². The number of hydrogen-bond donors (Lipinski definition) is 0. The Balaban J connectivity index is 1.13. The number of rotatable bonds is 4. The van der Waals surface area contributed by atoms with Crippen LogP contribution in [0.2, 0.25) is 0 Å². The van der Waals surface area contributed by atoms with Gasteiger partial charge in [-0.3, -0.25) is 18.8 Å². The molecule has 3 heterocycles. The summed E-state index contributed by atoms with van der Waals surface area (Å²) in [5, 5.41) is 0. The Hall–Kier alpha value is -2.86. The van der Waals surface area contributed by atoms with Gasteiger partial charge in [0.05, 0.1) is 11.0 Å². The first kappa shape index (κ1) is 22.3. The van der Waals surface area contributed by atoms with Crippen molar-refractivity contribution in [3.8, 4) is 0 Å². The fourth-order valence-corrected chi connectivity index (χ4v) is 7.69. The van der Waals surface area contributed by atoms with E-state index in [9.17, 15) is 9.59 Å². The molecule has 2 saturated heterocycles. The minimum atomic E-state index is -0.0245. The molecule has 36 heavy (non-hydrogen) atoms. The lowest BCUT2D eigenvalue weighted by atomic mass is 9.80. The molecule has 0 spiro atoms. The molecule has 2 unspecified atom stereocenters. The molecule has 2 aliphatic heterocycles. The zero-order valence-corrected chi connectivity index (χ0v) is 21.1. The molecule has 0 N–H and O–H groups in total. The third-order valence-corrected chi connectivity index (χ3v) is 9.47. The first-order valence-corrected chi connectivity index (χ1v) is 14.0. The van der Waals surface area contributed by atoms with Crippen LogP contribution < -0.4 is 5.69 Å². The summed E-state index contributed by atoms with van der Waals surface area (Å²) in [6, 6.07) is 15.7. The molecule has 188 valence electrons. The van der Waals surface area contributed by atoms with Crippen molar-refractivity contribution in [3.63, 3.8) is 0 Å². The van der Waals surface area contributed by atoms with E-state index in [4.69, 9.17) is 0 Å². The molecular weight excluding hydrogens is 448 g/mol. The average molecular weight is 485 g/mol. The van der Waals surface area contributed by atoms with Crippen LogP contribution in [-0.2, 0) is 17.8 Å². The monoisotopic (exact) mass is 484 g/mol. The zero-order chi connectivity index (χ0) is 24.2. The maximum Gasteiger partial charge on any atom is 0.329 e. The molecule has 2 fully saturated rings. The Morgan fingerprint density at radius 3 is 2.42 bits per heavy atom. The zero-order valence-electron chi connectivity index (χ0n) is 21.1. The van der Waals surface area contributed by atoms with Crippen molar-refractivity contribution in [3.05, 3.63) is 69.6 Å². The number of amides is 1. The van der Waals surface area contributed by atoms with E-state index in [0.29, 0.717) is 6.04 Å². The molecule has 6 heteroatoms. The van der Waals surface area contributed by atoms with Crippen LogP contribution in [0, 0.1) is 0 Å². The van der Waals surface area contributed by atoms with Crippen molar-refractivity contribution >= 4 is 16.9 Å². The molecule has 0 radical (unpaired) electrons. The minimum absolute atomic E-state index is 0.0245. The second kappa shape index (κ2) is 8.91. The minimum Gasteiger partial charge on any atom is -0.341 e. The lowest BCUT2D eigenvalue weighted by molar-refractivity contribution is -0.130. The molecule has 1 aromatic heterocycles. The average Bonchev–Trinajstić information content (AvgIpc) is 3.65. The molecule has 6 nitrogen and oxygen atoms in total. The lowest BCUT2D eigenvalue weighted by Gasteiger charge is -2.41.